The lowest BCUT2D eigenvalue weighted by Crippen LogP contribution is -1.44. The second-order valence-corrected chi connectivity index (χ2v) is 0.761. The Hall–Kier alpha value is -0.830. The summed E-state index contributed by atoms with van der Waals surface area (Å²) in [7, 11) is 1.00. The highest BCUT2D eigenvalue weighted by Crippen LogP contribution is 1.62. The molecular weight excluding hydrogens is 92.1 g/mol. The average Bonchev–Trinajstić information content (AvgIpc) is 2.23. The standard InChI is InChI=1S/C3H4N2.CH4O/c1-2-5-3-4-1;1-2/h1-3H,(H,4,5);2H,1H3. The van der Waals surface area contributed by atoms with Gasteiger partial charge in [0.25, 0.3) is 0 Å². The van der Waals surface area contributed by atoms with Gasteiger partial charge in [-0.2, -0.15) is 0 Å². The molecule has 2 N–H and O–H groups in total. The molecule has 0 spiro atoms. The first-order valence-electron chi connectivity index (χ1n) is 1.87. The first kappa shape index (κ1) is 6.17. The van der Waals surface area contributed by atoms with E-state index in [1.54, 1.807) is 18.7 Å². The van der Waals surface area contributed by atoms with Crippen molar-refractivity contribution in [1.82, 2.24) is 9.97 Å². The maximum atomic E-state index is 7.00. The van der Waals surface area contributed by atoms with Crippen molar-refractivity contribution < 1.29 is 5.11 Å². The highest BCUT2D eigenvalue weighted by Gasteiger charge is 1.56. The van der Waals surface area contributed by atoms with Gasteiger partial charge in [-0.1, -0.05) is 0 Å². The molecule has 0 aliphatic rings. The molecule has 0 aliphatic carbocycles. The zero-order valence-electron chi connectivity index (χ0n) is 4.13. The van der Waals surface area contributed by atoms with Crippen LogP contribution < -0.4 is 0 Å². The van der Waals surface area contributed by atoms with Crippen LogP contribution in [0.15, 0.2) is 18.7 Å². The van der Waals surface area contributed by atoms with Crippen molar-refractivity contribution in [2.45, 2.75) is 0 Å². The van der Waals surface area contributed by atoms with Crippen LogP contribution in [0.5, 0.6) is 0 Å². The molecule has 0 aromatic carbocycles. The van der Waals surface area contributed by atoms with Gasteiger partial charge < -0.3 is 10.1 Å². The SMILES string of the molecule is CO.c1c[nH]cn1. The van der Waals surface area contributed by atoms with Gasteiger partial charge in [-0.3, -0.25) is 0 Å². The summed E-state index contributed by atoms with van der Waals surface area (Å²) in [6.45, 7) is 0. The van der Waals surface area contributed by atoms with Crippen molar-refractivity contribution in [3.05, 3.63) is 18.7 Å². The molecule has 40 valence electrons. The number of aliphatic hydroxyl groups excluding tert-OH is 1. The molecule has 1 aromatic rings. The Balaban J connectivity index is 0.000000162. The molecule has 1 aromatic heterocycles. The van der Waals surface area contributed by atoms with Crippen molar-refractivity contribution >= 4 is 0 Å². The summed E-state index contributed by atoms with van der Waals surface area (Å²) in [5.74, 6) is 0. The van der Waals surface area contributed by atoms with Crippen LogP contribution in [-0.2, 0) is 0 Å². The average molecular weight is 100 g/mol. The van der Waals surface area contributed by atoms with E-state index in [0.717, 1.165) is 7.11 Å². The van der Waals surface area contributed by atoms with Crippen molar-refractivity contribution in [3.63, 3.8) is 0 Å². The van der Waals surface area contributed by atoms with E-state index >= 15 is 0 Å². The number of H-pyrrole nitrogens is 1. The predicted octanol–water partition coefficient (Wildman–Crippen LogP) is 0.0182. The van der Waals surface area contributed by atoms with Crippen LogP contribution >= 0.6 is 0 Å². The molecule has 1 heterocycles. The van der Waals surface area contributed by atoms with Gasteiger partial charge in [0.05, 0.1) is 6.33 Å². The largest absolute Gasteiger partial charge is 0.400 e. The number of hydrogen-bond donors (Lipinski definition) is 2. The Labute approximate surface area is 42.0 Å². The molecule has 0 radical (unpaired) electrons. The van der Waals surface area contributed by atoms with E-state index in [-0.39, 0.29) is 0 Å². The molecule has 0 unspecified atom stereocenters. The summed E-state index contributed by atoms with van der Waals surface area (Å²) >= 11 is 0. The van der Waals surface area contributed by atoms with Gasteiger partial charge in [0, 0.05) is 19.5 Å². The molecule has 1 rings (SSSR count). The number of aromatic amines is 1. The van der Waals surface area contributed by atoms with Crippen LogP contribution in [-0.4, -0.2) is 22.2 Å². The van der Waals surface area contributed by atoms with Gasteiger partial charge in [0.2, 0.25) is 0 Å². The first-order valence-corrected chi connectivity index (χ1v) is 1.87. The first-order chi connectivity index (χ1) is 3.50. The lowest BCUT2D eigenvalue weighted by molar-refractivity contribution is 0.399. The van der Waals surface area contributed by atoms with E-state index in [9.17, 15) is 0 Å². The number of nitrogens with one attached hydrogen (secondary N) is 1. The lowest BCUT2D eigenvalue weighted by Gasteiger charge is -1.46. The summed E-state index contributed by atoms with van der Waals surface area (Å²) in [6.07, 6.45) is 5.08. The molecule has 7 heavy (non-hydrogen) atoms. The molecule has 0 aliphatic heterocycles. The second-order valence-electron chi connectivity index (χ2n) is 0.761. The third-order valence-electron chi connectivity index (χ3n) is 0.406. The number of aliphatic hydroxyl groups is 1. The zero-order chi connectivity index (χ0) is 5.54. The van der Waals surface area contributed by atoms with Crippen molar-refractivity contribution in [2.24, 2.45) is 0 Å². The fraction of sp³-hybridized carbons (Fsp3) is 0.250. The van der Waals surface area contributed by atoms with E-state index in [2.05, 4.69) is 9.97 Å². The van der Waals surface area contributed by atoms with E-state index < -0.39 is 0 Å². The van der Waals surface area contributed by atoms with Crippen LogP contribution in [0.1, 0.15) is 0 Å². The molecule has 0 fully saturated rings. The van der Waals surface area contributed by atoms with E-state index in [1.807, 2.05) is 0 Å². The fourth-order valence-corrected chi connectivity index (χ4v) is 0.215. The topological polar surface area (TPSA) is 48.9 Å². The Morgan fingerprint density at radius 3 is 2.43 bits per heavy atom. The van der Waals surface area contributed by atoms with Crippen LogP contribution in [0.4, 0.5) is 0 Å². The Kier molecular flexibility index (Phi) is 4.56. The van der Waals surface area contributed by atoms with Crippen molar-refractivity contribution in [2.75, 3.05) is 7.11 Å². The van der Waals surface area contributed by atoms with Gasteiger partial charge in [-0.25, -0.2) is 4.98 Å². The van der Waals surface area contributed by atoms with Crippen LogP contribution in [0.3, 0.4) is 0 Å². The van der Waals surface area contributed by atoms with E-state index in [4.69, 9.17) is 5.11 Å². The third-order valence-corrected chi connectivity index (χ3v) is 0.406. The molecule has 0 saturated carbocycles. The quantitative estimate of drug-likeness (QED) is 0.482. The molecule has 0 atom stereocenters. The zero-order valence-corrected chi connectivity index (χ0v) is 4.13. The Bertz CT molecular complexity index is 66.2. The highest BCUT2D eigenvalue weighted by molar-refractivity contribution is 4.64. The third kappa shape index (κ3) is 2.99. The van der Waals surface area contributed by atoms with Crippen molar-refractivity contribution in [1.29, 1.82) is 0 Å². The maximum absolute atomic E-state index is 7.00. The molecule has 0 amide bonds. The smallest absolute Gasteiger partial charge is 0.0919 e. The fourth-order valence-electron chi connectivity index (χ4n) is 0.215. The molecule has 3 nitrogen and oxygen atoms in total. The van der Waals surface area contributed by atoms with Gasteiger partial charge in [-0.05, 0) is 0 Å². The molecule has 0 saturated heterocycles. The lowest BCUT2D eigenvalue weighted by atomic mass is 11.0. The Morgan fingerprint density at radius 2 is 2.29 bits per heavy atom. The minimum absolute atomic E-state index is 1.00. The minimum atomic E-state index is 1.00. The van der Waals surface area contributed by atoms with E-state index in [1.165, 1.54) is 0 Å². The summed E-state index contributed by atoms with van der Waals surface area (Å²) < 4.78 is 0. The normalized spacial score (nSPS) is 6.57. The van der Waals surface area contributed by atoms with Gasteiger partial charge >= 0.3 is 0 Å². The Morgan fingerprint density at radius 1 is 1.57 bits per heavy atom. The number of hydrogen-bond acceptors (Lipinski definition) is 2. The van der Waals surface area contributed by atoms with Gasteiger partial charge in [0.15, 0.2) is 0 Å². The second kappa shape index (κ2) is 5.17. The maximum Gasteiger partial charge on any atom is 0.0919 e. The van der Waals surface area contributed by atoms with Crippen LogP contribution in [0.25, 0.3) is 0 Å². The van der Waals surface area contributed by atoms with Crippen molar-refractivity contribution in [3.8, 4) is 0 Å². The van der Waals surface area contributed by atoms with Gasteiger partial charge in [-0.15, -0.1) is 0 Å². The number of nitrogens with zero attached hydrogens (tertiary/aromatic N) is 1. The van der Waals surface area contributed by atoms with Gasteiger partial charge in [0.1, 0.15) is 0 Å². The summed E-state index contributed by atoms with van der Waals surface area (Å²) in [4.78, 5) is 6.42. The number of aromatic nitrogens is 2. The van der Waals surface area contributed by atoms with Crippen LogP contribution in [0, 0.1) is 0 Å². The highest BCUT2D eigenvalue weighted by atomic mass is 16.2. The molecule has 3 heteroatoms. The van der Waals surface area contributed by atoms with Crippen LogP contribution in [0.2, 0.25) is 0 Å². The number of imidazole rings is 1. The molecule has 0 bridgehead atoms. The summed E-state index contributed by atoms with van der Waals surface area (Å²) in [6, 6.07) is 0. The van der Waals surface area contributed by atoms with E-state index in [0.29, 0.717) is 0 Å². The minimum Gasteiger partial charge on any atom is -0.400 e. The summed E-state index contributed by atoms with van der Waals surface area (Å²) in [5, 5.41) is 7.00. The monoisotopic (exact) mass is 100 g/mol. The summed E-state index contributed by atoms with van der Waals surface area (Å²) in [5.41, 5.74) is 0. The number of rotatable bonds is 0. The molecular formula is C4H8N2O. The predicted molar refractivity (Wildman–Crippen MR) is 26.7 cm³/mol.